The van der Waals surface area contributed by atoms with Gasteiger partial charge >= 0.3 is 0 Å². The summed E-state index contributed by atoms with van der Waals surface area (Å²) in [7, 11) is 0. The molecule has 0 radical (unpaired) electrons. The van der Waals surface area contributed by atoms with E-state index in [0.717, 1.165) is 19.4 Å². The van der Waals surface area contributed by atoms with Crippen LogP contribution < -0.4 is 0 Å². The summed E-state index contributed by atoms with van der Waals surface area (Å²) in [5.74, 6) is 0.348. The van der Waals surface area contributed by atoms with Crippen molar-refractivity contribution in [1.29, 1.82) is 0 Å². The number of carbonyl (C=O) groups is 1. The fourth-order valence-corrected chi connectivity index (χ4v) is 2.06. The van der Waals surface area contributed by atoms with Crippen molar-refractivity contribution in [2.75, 3.05) is 13.2 Å². The van der Waals surface area contributed by atoms with Gasteiger partial charge in [-0.05, 0) is 42.2 Å². The van der Waals surface area contributed by atoms with Crippen LogP contribution in [-0.2, 0) is 16.0 Å². The molecule has 0 aliphatic carbocycles. The lowest BCUT2D eigenvalue weighted by Gasteiger charge is -2.01. The molecule has 0 aliphatic rings. The molecule has 0 spiro atoms. The van der Waals surface area contributed by atoms with Crippen molar-refractivity contribution in [2.45, 2.75) is 32.6 Å². The van der Waals surface area contributed by atoms with Crippen LogP contribution in [0.25, 0.3) is 0 Å². The van der Waals surface area contributed by atoms with E-state index < -0.39 is 0 Å². The molecule has 0 saturated heterocycles. The van der Waals surface area contributed by atoms with Crippen molar-refractivity contribution in [1.82, 2.24) is 0 Å². The van der Waals surface area contributed by atoms with Gasteiger partial charge in [0, 0.05) is 26.1 Å². The molecule has 0 unspecified atom stereocenters. The van der Waals surface area contributed by atoms with E-state index in [1.807, 2.05) is 6.92 Å². The van der Waals surface area contributed by atoms with Gasteiger partial charge in [0.25, 0.3) is 0 Å². The standard InChI is InChI=1S/C12H18O2S/c1-2-14-8-3-4-12(13)6-5-11-7-9-15-10-11/h7,9-10H,2-6,8H2,1H3. The van der Waals surface area contributed by atoms with Crippen LogP contribution in [0, 0.1) is 0 Å². The molecule has 1 rings (SSSR count). The Morgan fingerprint density at radius 3 is 3.00 bits per heavy atom. The zero-order chi connectivity index (χ0) is 10.9. The van der Waals surface area contributed by atoms with Crippen LogP contribution in [-0.4, -0.2) is 19.0 Å². The number of Topliss-reactive ketones (excluding diaryl/α,β-unsaturated/α-hetero) is 1. The van der Waals surface area contributed by atoms with Crippen molar-refractivity contribution in [3.05, 3.63) is 22.4 Å². The predicted molar refractivity (Wildman–Crippen MR) is 63.4 cm³/mol. The van der Waals surface area contributed by atoms with Crippen LogP contribution in [0.4, 0.5) is 0 Å². The van der Waals surface area contributed by atoms with E-state index in [-0.39, 0.29) is 0 Å². The SMILES string of the molecule is CCOCCCC(=O)CCc1ccsc1. The monoisotopic (exact) mass is 226 g/mol. The van der Waals surface area contributed by atoms with Gasteiger partial charge in [0.05, 0.1) is 0 Å². The summed E-state index contributed by atoms with van der Waals surface area (Å²) in [4.78, 5) is 11.4. The van der Waals surface area contributed by atoms with Crippen molar-refractivity contribution < 1.29 is 9.53 Å². The third-order valence-corrected chi connectivity index (χ3v) is 2.95. The van der Waals surface area contributed by atoms with Crippen molar-refractivity contribution in [2.24, 2.45) is 0 Å². The number of carbonyl (C=O) groups excluding carboxylic acids is 1. The molecule has 1 aromatic rings. The lowest BCUT2D eigenvalue weighted by atomic mass is 10.1. The summed E-state index contributed by atoms with van der Waals surface area (Å²) in [6.07, 6.45) is 3.07. The smallest absolute Gasteiger partial charge is 0.133 e. The highest BCUT2D eigenvalue weighted by molar-refractivity contribution is 7.07. The van der Waals surface area contributed by atoms with E-state index in [0.29, 0.717) is 25.2 Å². The van der Waals surface area contributed by atoms with Crippen molar-refractivity contribution in [3.63, 3.8) is 0 Å². The van der Waals surface area contributed by atoms with E-state index in [1.54, 1.807) is 11.3 Å². The zero-order valence-corrected chi connectivity index (χ0v) is 10.0. The number of ketones is 1. The van der Waals surface area contributed by atoms with E-state index >= 15 is 0 Å². The number of ether oxygens (including phenoxy) is 1. The first-order valence-electron chi connectivity index (χ1n) is 5.43. The van der Waals surface area contributed by atoms with Crippen LogP contribution in [0.5, 0.6) is 0 Å². The molecule has 3 heteroatoms. The number of hydrogen-bond acceptors (Lipinski definition) is 3. The van der Waals surface area contributed by atoms with Gasteiger partial charge < -0.3 is 4.74 Å². The van der Waals surface area contributed by atoms with Crippen molar-refractivity contribution >= 4 is 17.1 Å². The van der Waals surface area contributed by atoms with Crippen LogP contribution in [0.15, 0.2) is 16.8 Å². The fraction of sp³-hybridized carbons (Fsp3) is 0.583. The maximum atomic E-state index is 11.4. The molecule has 0 aromatic carbocycles. The molecule has 84 valence electrons. The first-order valence-corrected chi connectivity index (χ1v) is 6.37. The molecular formula is C12H18O2S. The maximum absolute atomic E-state index is 11.4. The van der Waals surface area contributed by atoms with E-state index in [9.17, 15) is 4.79 Å². The van der Waals surface area contributed by atoms with Crippen LogP contribution >= 0.6 is 11.3 Å². The zero-order valence-electron chi connectivity index (χ0n) is 9.20. The molecule has 0 amide bonds. The molecule has 15 heavy (non-hydrogen) atoms. The largest absolute Gasteiger partial charge is 0.382 e. The topological polar surface area (TPSA) is 26.3 Å². The van der Waals surface area contributed by atoms with Crippen molar-refractivity contribution in [3.8, 4) is 0 Å². The minimum absolute atomic E-state index is 0.348. The Bertz CT molecular complexity index is 267. The number of hydrogen-bond donors (Lipinski definition) is 0. The predicted octanol–water partition coefficient (Wildman–Crippen LogP) is 3.07. The minimum atomic E-state index is 0.348. The normalized spacial score (nSPS) is 10.5. The van der Waals surface area contributed by atoms with Gasteiger partial charge in [0.15, 0.2) is 0 Å². The second-order valence-corrected chi connectivity index (χ2v) is 4.25. The summed E-state index contributed by atoms with van der Waals surface area (Å²) < 4.78 is 5.18. The molecule has 0 saturated carbocycles. The summed E-state index contributed by atoms with van der Waals surface area (Å²) in [6, 6.07) is 2.08. The summed E-state index contributed by atoms with van der Waals surface area (Å²) >= 11 is 1.68. The minimum Gasteiger partial charge on any atom is -0.382 e. The van der Waals surface area contributed by atoms with Gasteiger partial charge in [-0.2, -0.15) is 11.3 Å². The highest BCUT2D eigenvalue weighted by Crippen LogP contribution is 2.09. The Kier molecular flexibility index (Phi) is 6.28. The Hall–Kier alpha value is -0.670. The number of thiophene rings is 1. The highest BCUT2D eigenvalue weighted by atomic mass is 32.1. The Morgan fingerprint density at radius 1 is 1.47 bits per heavy atom. The van der Waals surface area contributed by atoms with Gasteiger partial charge in [-0.25, -0.2) is 0 Å². The summed E-state index contributed by atoms with van der Waals surface area (Å²) in [5, 5.41) is 4.16. The van der Waals surface area contributed by atoms with E-state index in [1.165, 1.54) is 5.56 Å². The molecule has 0 bridgehead atoms. The molecule has 0 aliphatic heterocycles. The van der Waals surface area contributed by atoms with E-state index in [4.69, 9.17) is 4.74 Å². The van der Waals surface area contributed by atoms with Gasteiger partial charge in [-0.15, -0.1) is 0 Å². The van der Waals surface area contributed by atoms with Crippen LogP contribution in [0.2, 0.25) is 0 Å². The quantitative estimate of drug-likeness (QED) is 0.637. The third kappa shape index (κ3) is 5.70. The number of rotatable bonds is 8. The van der Waals surface area contributed by atoms with Gasteiger partial charge in [0.1, 0.15) is 5.78 Å². The molecule has 2 nitrogen and oxygen atoms in total. The third-order valence-electron chi connectivity index (χ3n) is 2.22. The molecule has 0 N–H and O–H groups in total. The Morgan fingerprint density at radius 2 is 2.33 bits per heavy atom. The second kappa shape index (κ2) is 7.60. The fourth-order valence-electron chi connectivity index (χ4n) is 1.36. The summed E-state index contributed by atoms with van der Waals surface area (Å²) in [6.45, 7) is 3.42. The summed E-state index contributed by atoms with van der Waals surface area (Å²) in [5.41, 5.74) is 1.28. The van der Waals surface area contributed by atoms with Gasteiger partial charge in [0.2, 0.25) is 0 Å². The maximum Gasteiger partial charge on any atom is 0.133 e. The van der Waals surface area contributed by atoms with Gasteiger partial charge in [-0.1, -0.05) is 0 Å². The average Bonchev–Trinajstić information content (AvgIpc) is 2.74. The first-order chi connectivity index (χ1) is 7.33. The van der Waals surface area contributed by atoms with E-state index in [2.05, 4.69) is 16.8 Å². The second-order valence-electron chi connectivity index (χ2n) is 3.47. The average molecular weight is 226 g/mol. The molecule has 1 heterocycles. The molecular weight excluding hydrogens is 208 g/mol. The van der Waals surface area contributed by atoms with Gasteiger partial charge in [-0.3, -0.25) is 4.79 Å². The first kappa shape index (κ1) is 12.4. The molecule has 0 fully saturated rings. The highest BCUT2D eigenvalue weighted by Gasteiger charge is 2.02. The Labute approximate surface area is 95.3 Å². The lowest BCUT2D eigenvalue weighted by Crippen LogP contribution is -2.02. The lowest BCUT2D eigenvalue weighted by molar-refractivity contribution is -0.119. The molecule has 1 aromatic heterocycles. The van der Waals surface area contributed by atoms with Crippen LogP contribution in [0.1, 0.15) is 31.7 Å². The van der Waals surface area contributed by atoms with Crippen LogP contribution in [0.3, 0.4) is 0 Å². The Balaban J connectivity index is 2.04. The number of aryl methyl sites for hydroxylation is 1. The molecule has 0 atom stereocenters.